The standard InChI is InChI=1S/C22H31NO5/c1-5-6-8-21-16-7-9-23(21)14-11-17(21)28-22(16,25)18(14)12(2)10-15-19(26-4)13(3)20(24)27-15/h10,12,14,16-18,25H,5-9,11H2,1-4H3/b15-10-. The van der Waals surface area contributed by atoms with Gasteiger partial charge in [-0.05, 0) is 44.7 Å². The number of cyclic esters (lactones) is 1. The van der Waals surface area contributed by atoms with Crippen LogP contribution in [0.4, 0.5) is 0 Å². The van der Waals surface area contributed by atoms with E-state index in [-0.39, 0.29) is 35.4 Å². The monoisotopic (exact) mass is 389 g/mol. The van der Waals surface area contributed by atoms with Crippen LogP contribution in [-0.4, -0.2) is 53.1 Å². The van der Waals surface area contributed by atoms with Crippen molar-refractivity contribution >= 4 is 5.97 Å². The third-order valence-electron chi connectivity index (χ3n) is 8.12. The zero-order chi connectivity index (χ0) is 19.8. The van der Waals surface area contributed by atoms with Crippen molar-refractivity contribution in [2.24, 2.45) is 17.8 Å². The summed E-state index contributed by atoms with van der Waals surface area (Å²) in [6.45, 7) is 7.09. The lowest BCUT2D eigenvalue weighted by Gasteiger charge is -2.51. The van der Waals surface area contributed by atoms with Gasteiger partial charge in [-0.25, -0.2) is 4.79 Å². The Bertz CT molecular complexity index is 775. The maximum absolute atomic E-state index is 11.9. The number of rotatable bonds is 6. The van der Waals surface area contributed by atoms with E-state index in [0.29, 0.717) is 23.1 Å². The van der Waals surface area contributed by atoms with E-state index in [1.165, 1.54) is 12.8 Å². The number of ether oxygens (including phenoxy) is 3. The Kier molecular flexibility index (Phi) is 4.04. The molecule has 5 rings (SSSR count). The van der Waals surface area contributed by atoms with Crippen LogP contribution in [0.25, 0.3) is 0 Å². The Morgan fingerprint density at radius 1 is 1.46 bits per heavy atom. The third-order valence-corrected chi connectivity index (χ3v) is 8.12. The van der Waals surface area contributed by atoms with E-state index >= 15 is 0 Å². The van der Waals surface area contributed by atoms with Crippen LogP contribution in [0.15, 0.2) is 23.2 Å². The highest BCUT2D eigenvalue weighted by Crippen LogP contribution is 2.68. The zero-order valence-corrected chi connectivity index (χ0v) is 17.2. The molecular formula is C22H31NO5. The fourth-order valence-corrected chi connectivity index (χ4v) is 7.19. The number of allylic oxidation sites excluding steroid dienone is 1. The summed E-state index contributed by atoms with van der Waals surface area (Å²) in [7, 11) is 1.55. The van der Waals surface area contributed by atoms with Crippen molar-refractivity contribution in [3.63, 3.8) is 0 Å². The Labute approximate surface area is 166 Å². The number of aliphatic hydroxyl groups is 1. The number of nitrogens with zero attached hydrogens (tertiary/aromatic N) is 1. The van der Waals surface area contributed by atoms with Crippen molar-refractivity contribution in [2.45, 2.75) is 76.3 Å². The van der Waals surface area contributed by atoms with Gasteiger partial charge in [0.05, 0.1) is 24.3 Å². The lowest BCUT2D eigenvalue weighted by Crippen LogP contribution is -2.63. The van der Waals surface area contributed by atoms with Crippen LogP contribution >= 0.6 is 0 Å². The number of piperidine rings is 1. The minimum Gasteiger partial charge on any atom is -0.492 e. The first kappa shape index (κ1) is 18.6. The van der Waals surface area contributed by atoms with Gasteiger partial charge in [0.1, 0.15) is 0 Å². The van der Waals surface area contributed by atoms with Crippen molar-refractivity contribution in [1.29, 1.82) is 0 Å². The van der Waals surface area contributed by atoms with Gasteiger partial charge in [0.15, 0.2) is 17.3 Å². The van der Waals surface area contributed by atoms with E-state index in [1.54, 1.807) is 14.0 Å². The molecule has 6 nitrogen and oxygen atoms in total. The average molecular weight is 389 g/mol. The van der Waals surface area contributed by atoms with Gasteiger partial charge in [-0.3, -0.25) is 4.90 Å². The van der Waals surface area contributed by atoms with Gasteiger partial charge in [0, 0.05) is 17.9 Å². The van der Waals surface area contributed by atoms with Crippen molar-refractivity contribution in [3.8, 4) is 0 Å². The normalized spacial score (nSPS) is 48.1. The molecule has 0 aromatic heterocycles. The number of hydrogen-bond donors (Lipinski definition) is 1. The smallest absolute Gasteiger partial charge is 0.343 e. The summed E-state index contributed by atoms with van der Waals surface area (Å²) in [5.41, 5.74) is 0.527. The minimum absolute atomic E-state index is 0.000162. The van der Waals surface area contributed by atoms with Crippen LogP contribution in [0, 0.1) is 17.8 Å². The van der Waals surface area contributed by atoms with Crippen LogP contribution in [0.3, 0.4) is 0 Å². The quantitative estimate of drug-likeness (QED) is 0.705. The average Bonchev–Trinajstić information content (AvgIpc) is 3.27. The molecule has 0 radical (unpaired) electrons. The molecule has 6 heteroatoms. The highest BCUT2D eigenvalue weighted by atomic mass is 16.6. The molecule has 8 atom stereocenters. The van der Waals surface area contributed by atoms with Crippen molar-refractivity contribution < 1.29 is 24.1 Å². The molecule has 5 aliphatic rings. The summed E-state index contributed by atoms with van der Waals surface area (Å²) in [5, 5.41) is 11.8. The Morgan fingerprint density at radius 2 is 2.25 bits per heavy atom. The van der Waals surface area contributed by atoms with E-state index in [1.807, 2.05) is 6.08 Å². The number of hydrogen-bond acceptors (Lipinski definition) is 6. The molecule has 5 aliphatic heterocycles. The number of carbonyl (C=O) groups excluding carboxylic acids is 1. The third kappa shape index (κ3) is 2.06. The Morgan fingerprint density at radius 3 is 2.96 bits per heavy atom. The van der Waals surface area contributed by atoms with Gasteiger partial charge in [-0.2, -0.15) is 0 Å². The lowest BCUT2D eigenvalue weighted by molar-refractivity contribution is -0.280. The summed E-state index contributed by atoms with van der Waals surface area (Å²) in [4.78, 5) is 14.6. The van der Waals surface area contributed by atoms with Crippen LogP contribution in [0.1, 0.15) is 52.9 Å². The predicted molar refractivity (Wildman–Crippen MR) is 102 cm³/mol. The first-order chi connectivity index (χ1) is 13.4. The molecular weight excluding hydrogens is 358 g/mol. The fraction of sp³-hybridized carbons (Fsp3) is 0.773. The summed E-state index contributed by atoms with van der Waals surface area (Å²) in [5.74, 6) is -0.329. The topological polar surface area (TPSA) is 68.2 Å². The lowest BCUT2D eigenvalue weighted by atomic mass is 9.68. The summed E-state index contributed by atoms with van der Waals surface area (Å²) < 4.78 is 17.2. The van der Waals surface area contributed by atoms with E-state index in [4.69, 9.17) is 14.2 Å². The largest absolute Gasteiger partial charge is 0.492 e. The van der Waals surface area contributed by atoms with Gasteiger partial charge in [0.25, 0.3) is 0 Å². The molecule has 28 heavy (non-hydrogen) atoms. The van der Waals surface area contributed by atoms with Gasteiger partial charge in [-0.15, -0.1) is 0 Å². The molecule has 0 amide bonds. The first-order valence-corrected chi connectivity index (χ1v) is 10.7. The molecule has 4 fully saturated rings. The number of carbonyl (C=O) groups is 1. The highest BCUT2D eigenvalue weighted by molar-refractivity contribution is 5.93. The number of methoxy groups -OCH3 is 1. The van der Waals surface area contributed by atoms with Crippen LogP contribution in [0.5, 0.6) is 0 Å². The van der Waals surface area contributed by atoms with E-state index in [9.17, 15) is 9.90 Å². The molecule has 0 saturated carbocycles. The molecule has 0 aromatic carbocycles. The second-order valence-corrected chi connectivity index (χ2v) is 9.25. The van der Waals surface area contributed by atoms with E-state index < -0.39 is 5.79 Å². The molecule has 5 heterocycles. The maximum Gasteiger partial charge on any atom is 0.343 e. The Balaban J connectivity index is 1.48. The molecule has 0 aromatic rings. The molecule has 154 valence electrons. The molecule has 8 unspecified atom stereocenters. The van der Waals surface area contributed by atoms with E-state index in [2.05, 4.69) is 18.7 Å². The molecule has 0 aliphatic carbocycles. The van der Waals surface area contributed by atoms with Crippen molar-refractivity contribution in [1.82, 2.24) is 4.90 Å². The summed E-state index contributed by atoms with van der Waals surface area (Å²) >= 11 is 0. The maximum atomic E-state index is 11.9. The second-order valence-electron chi connectivity index (χ2n) is 9.25. The van der Waals surface area contributed by atoms with Gasteiger partial charge in [0.2, 0.25) is 0 Å². The number of esters is 1. The second kappa shape index (κ2) is 6.07. The van der Waals surface area contributed by atoms with Crippen molar-refractivity contribution in [3.05, 3.63) is 23.2 Å². The predicted octanol–water partition coefficient (Wildman–Crippen LogP) is 2.72. The van der Waals surface area contributed by atoms with Gasteiger partial charge >= 0.3 is 5.97 Å². The fourth-order valence-electron chi connectivity index (χ4n) is 7.19. The highest BCUT2D eigenvalue weighted by Gasteiger charge is 2.80. The van der Waals surface area contributed by atoms with Crippen molar-refractivity contribution in [2.75, 3.05) is 13.7 Å². The van der Waals surface area contributed by atoms with E-state index in [0.717, 1.165) is 25.8 Å². The molecule has 4 saturated heterocycles. The van der Waals surface area contributed by atoms with Gasteiger partial charge < -0.3 is 19.3 Å². The summed E-state index contributed by atoms with van der Waals surface area (Å²) in [6, 6.07) is 0.319. The Hall–Kier alpha value is -1.37. The summed E-state index contributed by atoms with van der Waals surface area (Å²) in [6.07, 6.45) is 7.56. The SMILES string of the molecule is CCCCC12C3CC4C(C(C)/C=C5\OC(=O)C(C)=C5OC)C(O)(O3)C1CCN42. The minimum atomic E-state index is -1.08. The molecule has 0 spiro atoms. The van der Waals surface area contributed by atoms with Crippen LogP contribution < -0.4 is 0 Å². The first-order valence-electron chi connectivity index (χ1n) is 10.7. The van der Waals surface area contributed by atoms with Crippen LogP contribution in [-0.2, 0) is 19.0 Å². The molecule has 1 N–H and O–H groups in total. The van der Waals surface area contributed by atoms with Crippen LogP contribution in [0.2, 0.25) is 0 Å². The number of unbranched alkanes of at least 4 members (excludes halogenated alkanes) is 1. The molecule has 5 bridgehead atoms. The zero-order valence-electron chi connectivity index (χ0n) is 17.2. The van der Waals surface area contributed by atoms with Gasteiger partial charge in [-0.1, -0.05) is 26.7 Å².